The van der Waals surface area contributed by atoms with E-state index in [4.69, 9.17) is 14.7 Å². The highest BCUT2D eigenvalue weighted by atomic mass is 16.5. The summed E-state index contributed by atoms with van der Waals surface area (Å²) < 4.78 is 10.0. The molecule has 0 spiro atoms. The van der Waals surface area contributed by atoms with Crippen molar-refractivity contribution in [3.8, 4) is 22.5 Å². The number of aromatic nitrogens is 2. The van der Waals surface area contributed by atoms with Gasteiger partial charge in [-0.2, -0.15) is 0 Å². The second kappa shape index (κ2) is 3.79. The van der Waals surface area contributed by atoms with E-state index in [2.05, 4.69) is 10.1 Å². The number of furan rings is 1. The topological polar surface area (TPSA) is 78.1 Å². The lowest BCUT2D eigenvalue weighted by Gasteiger charge is -1.98. The summed E-state index contributed by atoms with van der Waals surface area (Å²) >= 11 is 0. The molecule has 0 bridgehead atoms. The Kier molecular flexibility index (Phi) is 2.15. The first-order valence-electron chi connectivity index (χ1n) is 5.05. The second-order valence-electron chi connectivity index (χ2n) is 3.50. The fraction of sp³-hybridized carbons (Fsp3) is 0. The summed E-state index contributed by atoms with van der Waals surface area (Å²) in [6.45, 7) is 0. The summed E-state index contributed by atoms with van der Waals surface area (Å²) in [6.07, 6.45) is 4.85. The molecule has 17 heavy (non-hydrogen) atoms. The van der Waals surface area contributed by atoms with Crippen molar-refractivity contribution in [2.75, 3.05) is 5.73 Å². The first kappa shape index (κ1) is 9.65. The van der Waals surface area contributed by atoms with Crippen LogP contribution in [0.1, 0.15) is 0 Å². The van der Waals surface area contributed by atoms with Gasteiger partial charge in [-0.15, -0.1) is 0 Å². The molecule has 0 aliphatic carbocycles. The average Bonchev–Trinajstić information content (AvgIpc) is 2.98. The van der Waals surface area contributed by atoms with Crippen LogP contribution in [-0.4, -0.2) is 10.1 Å². The van der Waals surface area contributed by atoms with Crippen LogP contribution in [-0.2, 0) is 0 Å². The van der Waals surface area contributed by atoms with Gasteiger partial charge in [0.05, 0.1) is 23.8 Å². The Labute approximate surface area is 96.9 Å². The highest BCUT2D eigenvalue weighted by molar-refractivity contribution is 5.84. The van der Waals surface area contributed by atoms with Crippen molar-refractivity contribution in [1.82, 2.24) is 10.1 Å². The summed E-state index contributed by atoms with van der Waals surface area (Å²) in [6, 6.07) is 7.37. The van der Waals surface area contributed by atoms with Crippen LogP contribution in [0, 0.1) is 0 Å². The minimum absolute atomic E-state index is 0.250. The van der Waals surface area contributed by atoms with Crippen molar-refractivity contribution in [2.24, 2.45) is 0 Å². The monoisotopic (exact) mass is 227 g/mol. The molecule has 5 nitrogen and oxygen atoms in total. The zero-order valence-electron chi connectivity index (χ0n) is 8.83. The summed E-state index contributed by atoms with van der Waals surface area (Å²) in [5.41, 5.74) is 8.64. The molecule has 0 fully saturated rings. The van der Waals surface area contributed by atoms with Gasteiger partial charge < -0.3 is 14.7 Å². The van der Waals surface area contributed by atoms with Gasteiger partial charge in [0.15, 0.2) is 0 Å². The first-order chi connectivity index (χ1) is 8.36. The molecule has 0 amide bonds. The number of nitrogens with zero attached hydrogens (tertiary/aromatic N) is 2. The molecule has 0 unspecified atom stereocenters. The summed E-state index contributed by atoms with van der Waals surface area (Å²) in [5.74, 6) is 0.250. The molecule has 0 aliphatic rings. The number of nitrogens with two attached hydrogens (primary N) is 1. The van der Waals surface area contributed by atoms with Crippen molar-refractivity contribution in [3.05, 3.63) is 43.0 Å². The Hall–Kier alpha value is -2.56. The minimum Gasteiger partial charge on any atom is -0.472 e. The van der Waals surface area contributed by atoms with Crippen LogP contribution in [0.4, 0.5) is 5.88 Å². The second-order valence-corrected chi connectivity index (χ2v) is 3.50. The maximum atomic E-state index is 5.78. The zero-order chi connectivity index (χ0) is 11.7. The molecule has 3 aromatic rings. The largest absolute Gasteiger partial charge is 0.472 e. The van der Waals surface area contributed by atoms with Gasteiger partial charge in [-0.1, -0.05) is 11.2 Å². The van der Waals surface area contributed by atoms with E-state index in [9.17, 15) is 0 Å². The molecule has 3 aromatic heterocycles. The molecule has 2 N–H and O–H groups in total. The lowest BCUT2D eigenvalue weighted by atomic mass is 10.1. The van der Waals surface area contributed by atoms with E-state index in [1.54, 1.807) is 24.8 Å². The third-order valence-corrected chi connectivity index (χ3v) is 2.43. The normalized spacial score (nSPS) is 10.6. The van der Waals surface area contributed by atoms with Gasteiger partial charge >= 0.3 is 0 Å². The number of hydrogen-bond acceptors (Lipinski definition) is 5. The molecule has 5 heteroatoms. The van der Waals surface area contributed by atoms with Crippen LogP contribution in [0.5, 0.6) is 0 Å². The predicted molar refractivity (Wildman–Crippen MR) is 61.8 cm³/mol. The highest BCUT2D eigenvalue weighted by Gasteiger charge is 2.18. The van der Waals surface area contributed by atoms with E-state index in [1.807, 2.05) is 18.2 Å². The predicted octanol–water partition coefficient (Wildman–Crippen LogP) is 2.58. The van der Waals surface area contributed by atoms with Crippen LogP contribution in [0.15, 0.2) is 51.9 Å². The van der Waals surface area contributed by atoms with Crippen LogP contribution in [0.2, 0.25) is 0 Å². The number of nitrogen functional groups attached to an aromatic ring is 1. The maximum Gasteiger partial charge on any atom is 0.232 e. The Morgan fingerprint density at radius 1 is 1.18 bits per heavy atom. The number of anilines is 1. The Morgan fingerprint density at radius 3 is 2.82 bits per heavy atom. The van der Waals surface area contributed by atoms with Gasteiger partial charge in [0.25, 0.3) is 0 Å². The molecule has 0 aromatic carbocycles. The lowest BCUT2D eigenvalue weighted by molar-refractivity contribution is 0.439. The summed E-state index contributed by atoms with van der Waals surface area (Å²) in [5, 5.41) is 3.93. The molecule has 84 valence electrons. The lowest BCUT2D eigenvalue weighted by Crippen LogP contribution is -1.89. The van der Waals surface area contributed by atoms with Crippen LogP contribution >= 0.6 is 0 Å². The van der Waals surface area contributed by atoms with E-state index in [-0.39, 0.29) is 5.88 Å². The van der Waals surface area contributed by atoms with Gasteiger partial charge in [-0.3, -0.25) is 4.98 Å². The van der Waals surface area contributed by atoms with Crippen molar-refractivity contribution in [3.63, 3.8) is 0 Å². The number of hydrogen-bond donors (Lipinski definition) is 1. The molecular weight excluding hydrogens is 218 g/mol. The number of pyridine rings is 1. The molecule has 0 radical (unpaired) electrons. The fourth-order valence-electron chi connectivity index (χ4n) is 1.66. The van der Waals surface area contributed by atoms with E-state index in [1.165, 1.54) is 0 Å². The van der Waals surface area contributed by atoms with Gasteiger partial charge in [0.1, 0.15) is 5.69 Å². The van der Waals surface area contributed by atoms with Gasteiger partial charge in [-0.25, -0.2) is 0 Å². The summed E-state index contributed by atoms with van der Waals surface area (Å²) in [4.78, 5) is 4.24. The fourth-order valence-corrected chi connectivity index (χ4v) is 1.66. The Bertz CT molecular complexity index is 615. The quantitative estimate of drug-likeness (QED) is 0.727. The number of rotatable bonds is 2. The van der Waals surface area contributed by atoms with Gasteiger partial charge in [0, 0.05) is 11.8 Å². The van der Waals surface area contributed by atoms with E-state index >= 15 is 0 Å². The minimum atomic E-state index is 0.250. The first-order valence-corrected chi connectivity index (χ1v) is 5.05. The molecule has 3 rings (SSSR count). The van der Waals surface area contributed by atoms with Crippen LogP contribution in [0.25, 0.3) is 22.5 Å². The van der Waals surface area contributed by atoms with E-state index in [0.717, 1.165) is 11.3 Å². The smallest absolute Gasteiger partial charge is 0.232 e. The molecule has 0 saturated heterocycles. The molecule has 3 heterocycles. The Morgan fingerprint density at radius 2 is 2.12 bits per heavy atom. The SMILES string of the molecule is Nc1onc(-c2ccoc2)c1-c1ccccn1. The van der Waals surface area contributed by atoms with Crippen molar-refractivity contribution in [1.29, 1.82) is 0 Å². The molecule has 0 atom stereocenters. The van der Waals surface area contributed by atoms with Gasteiger partial charge in [-0.05, 0) is 18.2 Å². The Balaban J connectivity index is 2.20. The standard InChI is InChI=1S/C12H9N3O2/c13-12-10(9-3-1-2-5-14-9)11(15-17-12)8-4-6-16-7-8/h1-7H,13H2. The van der Waals surface area contributed by atoms with Crippen molar-refractivity contribution < 1.29 is 8.94 Å². The zero-order valence-corrected chi connectivity index (χ0v) is 8.83. The van der Waals surface area contributed by atoms with Crippen molar-refractivity contribution >= 4 is 5.88 Å². The molecular formula is C12H9N3O2. The molecule has 0 saturated carbocycles. The van der Waals surface area contributed by atoms with Crippen LogP contribution < -0.4 is 5.73 Å². The third kappa shape index (κ3) is 1.57. The van der Waals surface area contributed by atoms with E-state index in [0.29, 0.717) is 11.3 Å². The highest BCUT2D eigenvalue weighted by Crippen LogP contribution is 2.34. The maximum absolute atomic E-state index is 5.78. The average molecular weight is 227 g/mol. The van der Waals surface area contributed by atoms with Crippen LogP contribution in [0.3, 0.4) is 0 Å². The molecule has 0 aliphatic heterocycles. The van der Waals surface area contributed by atoms with Crippen molar-refractivity contribution in [2.45, 2.75) is 0 Å². The van der Waals surface area contributed by atoms with Gasteiger partial charge in [0.2, 0.25) is 5.88 Å². The summed E-state index contributed by atoms with van der Waals surface area (Å²) in [7, 11) is 0. The third-order valence-electron chi connectivity index (χ3n) is 2.43. The van der Waals surface area contributed by atoms with E-state index < -0.39 is 0 Å².